The van der Waals surface area contributed by atoms with Crippen LogP contribution in [0.4, 0.5) is 0 Å². The van der Waals surface area contributed by atoms with Crippen LogP contribution in [0.3, 0.4) is 0 Å². The first-order chi connectivity index (χ1) is 11.2. The number of carbonyl (C=O) groups is 1. The van der Waals surface area contributed by atoms with Crippen LogP contribution in [0.1, 0.15) is 32.3 Å². The molecule has 0 spiro atoms. The van der Waals surface area contributed by atoms with Crippen LogP contribution in [0.15, 0.2) is 35.5 Å². The Hall–Kier alpha value is -2.30. The van der Waals surface area contributed by atoms with Crippen LogP contribution in [-0.2, 0) is 4.79 Å². The normalized spacial score (nSPS) is 22.9. The summed E-state index contributed by atoms with van der Waals surface area (Å²) < 4.78 is 11.3. The van der Waals surface area contributed by atoms with E-state index in [-0.39, 0.29) is 17.7 Å². The molecule has 0 bridgehead atoms. The van der Waals surface area contributed by atoms with Crippen LogP contribution in [0.5, 0.6) is 11.5 Å². The Labute approximate surface area is 136 Å². The number of hydrazone groups is 1. The third-order valence-corrected chi connectivity index (χ3v) is 4.25. The smallest absolute Gasteiger partial charge is 0.244 e. The van der Waals surface area contributed by atoms with Gasteiger partial charge >= 0.3 is 0 Å². The van der Waals surface area contributed by atoms with Gasteiger partial charge in [-0.25, -0.2) is 5.43 Å². The molecule has 1 amide bonds. The number of rotatable bonds is 5. The highest BCUT2D eigenvalue weighted by Crippen LogP contribution is 2.35. The molecule has 0 aromatic heterocycles. The molecule has 3 rings (SSSR count). The van der Waals surface area contributed by atoms with Crippen molar-refractivity contribution < 1.29 is 14.3 Å². The van der Waals surface area contributed by atoms with Crippen molar-refractivity contribution in [3.8, 4) is 11.5 Å². The van der Waals surface area contributed by atoms with Crippen LogP contribution < -0.4 is 14.9 Å². The Morgan fingerprint density at radius 1 is 1.09 bits per heavy atom. The zero-order valence-electron chi connectivity index (χ0n) is 13.5. The van der Waals surface area contributed by atoms with Crippen LogP contribution in [-0.4, -0.2) is 24.8 Å². The van der Waals surface area contributed by atoms with Gasteiger partial charge in [-0.2, -0.15) is 5.10 Å². The predicted octanol–water partition coefficient (Wildman–Crippen LogP) is 2.90. The lowest BCUT2D eigenvalue weighted by molar-refractivity contribution is -0.126. The second-order valence-corrected chi connectivity index (χ2v) is 5.66. The van der Waals surface area contributed by atoms with E-state index < -0.39 is 0 Å². The van der Waals surface area contributed by atoms with Crippen LogP contribution in [0.2, 0.25) is 0 Å². The number of allylic oxidation sites excluding steroid dienone is 2. The molecule has 1 aliphatic heterocycles. The van der Waals surface area contributed by atoms with Gasteiger partial charge in [-0.15, -0.1) is 0 Å². The molecule has 0 fully saturated rings. The minimum Gasteiger partial charge on any atom is -0.490 e. The van der Waals surface area contributed by atoms with E-state index in [0.29, 0.717) is 19.0 Å². The lowest BCUT2D eigenvalue weighted by Gasteiger charge is -2.32. The van der Waals surface area contributed by atoms with Crippen LogP contribution in [0, 0.1) is 11.8 Å². The number of benzene rings is 1. The average molecular weight is 314 g/mol. The molecule has 1 heterocycles. The molecule has 1 aliphatic carbocycles. The van der Waals surface area contributed by atoms with Crippen molar-refractivity contribution in [2.75, 3.05) is 13.2 Å². The standard InChI is InChI=1S/C18H22N2O3/c1-3-22-15-10-9-12(11-16(15)23-4-2)17-13-7-5-6-8-14(13)18(21)20-19-17/h5-6,9-11,13-14H,3-4,7-8H2,1-2H3,(H,20,21)/t13-,14+/m1/s1. The quantitative estimate of drug-likeness (QED) is 0.850. The number of amides is 1. The van der Waals surface area contributed by atoms with E-state index in [1.807, 2.05) is 32.0 Å². The summed E-state index contributed by atoms with van der Waals surface area (Å²) in [6.07, 6.45) is 5.82. The number of nitrogens with one attached hydrogen (secondary N) is 1. The fourth-order valence-electron chi connectivity index (χ4n) is 3.18. The first-order valence-electron chi connectivity index (χ1n) is 8.17. The highest BCUT2D eigenvalue weighted by molar-refractivity contribution is 6.07. The maximum atomic E-state index is 12.0. The lowest BCUT2D eigenvalue weighted by atomic mass is 9.77. The lowest BCUT2D eigenvalue weighted by Crippen LogP contribution is -2.42. The Morgan fingerprint density at radius 2 is 1.78 bits per heavy atom. The molecule has 1 aromatic rings. The topological polar surface area (TPSA) is 59.9 Å². The molecule has 2 aliphatic rings. The molecule has 1 aromatic carbocycles. The zero-order valence-corrected chi connectivity index (χ0v) is 13.5. The average Bonchev–Trinajstić information content (AvgIpc) is 2.58. The molecule has 0 saturated heterocycles. The molecule has 2 atom stereocenters. The molecule has 23 heavy (non-hydrogen) atoms. The molecule has 122 valence electrons. The highest BCUT2D eigenvalue weighted by atomic mass is 16.5. The second kappa shape index (κ2) is 6.86. The maximum absolute atomic E-state index is 12.0. The first-order valence-corrected chi connectivity index (χ1v) is 8.17. The third-order valence-electron chi connectivity index (χ3n) is 4.25. The number of hydrogen-bond donors (Lipinski definition) is 1. The zero-order chi connectivity index (χ0) is 16.2. The van der Waals surface area contributed by atoms with Gasteiger partial charge in [0.05, 0.1) is 24.8 Å². The fraction of sp³-hybridized carbons (Fsp3) is 0.444. The summed E-state index contributed by atoms with van der Waals surface area (Å²) in [5, 5.41) is 4.33. The van der Waals surface area contributed by atoms with Crippen molar-refractivity contribution in [2.24, 2.45) is 16.9 Å². The summed E-state index contributed by atoms with van der Waals surface area (Å²) in [6.45, 7) is 5.06. The predicted molar refractivity (Wildman–Crippen MR) is 88.8 cm³/mol. The number of fused-ring (bicyclic) bond motifs is 1. The Morgan fingerprint density at radius 3 is 2.52 bits per heavy atom. The fourth-order valence-corrected chi connectivity index (χ4v) is 3.18. The van der Waals surface area contributed by atoms with Gasteiger partial charge in [-0.05, 0) is 44.9 Å². The molecule has 0 saturated carbocycles. The monoisotopic (exact) mass is 314 g/mol. The van der Waals surface area contributed by atoms with Gasteiger partial charge in [0.2, 0.25) is 5.91 Å². The minimum atomic E-state index is -0.0328. The largest absolute Gasteiger partial charge is 0.490 e. The van der Waals surface area contributed by atoms with E-state index in [4.69, 9.17) is 9.47 Å². The van der Waals surface area contributed by atoms with E-state index in [1.165, 1.54) is 0 Å². The molecule has 0 unspecified atom stereocenters. The second-order valence-electron chi connectivity index (χ2n) is 5.66. The van der Waals surface area contributed by atoms with Crippen molar-refractivity contribution in [3.05, 3.63) is 35.9 Å². The van der Waals surface area contributed by atoms with E-state index in [9.17, 15) is 4.79 Å². The molecule has 1 N–H and O–H groups in total. The highest BCUT2D eigenvalue weighted by Gasteiger charge is 2.36. The maximum Gasteiger partial charge on any atom is 0.244 e. The summed E-state index contributed by atoms with van der Waals surface area (Å²) in [6, 6.07) is 5.86. The number of carbonyl (C=O) groups excluding carboxylic acids is 1. The van der Waals surface area contributed by atoms with E-state index in [1.54, 1.807) is 0 Å². The Kier molecular flexibility index (Phi) is 4.65. The summed E-state index contributed by atoms with van der Waals surface area (Å²) in [7, 11) is 0. The van der Waals surface area contributed by atoms with Crippen molar-refractivity contribution in [3.63, 3.8) is 0 Å². The van der Waals surface area contributed by atoms with Gasteiger partial charge in [0, 0.05) is 11.5 Å². The van der Waals surface area contributed by atoms with Gasteiger partial charge in [-0.3, -0.25) is 4.79 Å². The van der Waals surface area contributed by atoms with Crippen molar-refractivity contribution >= 4 is 11.6 Å². The SMILES string of the molecule is CCOc1ccc(C2=NNC(=O)[C@H]3CC=CC[C@@H]23)cc1OCC. The molecular formula is C18H22N2O3. The van der Waals surface area contributed by atoms with Crippen LogP contribution in [0.25, 0.3) is 0 Å². The summed E-state index contributed by atoms with van der Waals surface area (Å²) in [4.78, 5) is 12.0. The number of nitrogens with zero attached hydrogens (tertiary/aromatic N) is 1. The van der Waals surface area contributed by atoms with Gasteiger partial charge in [0.25, 0.3) is 0 Å². The Balaban J connectivity index is 1.95. The molecular weight excluding hydrogens is 292 g/mol. The Bertz CT molecular complexity index is 652. The van der Waals surface area contributed by atoms with E-state index in [0.717, 1.165) is 29.9 Å². The molecule has 0 radical (unpaired) electrons. The molecule has 5 heteroatoms. The van der Waals surface area contributed by atoms with E-state index in [2.05, 4.69) is 22.7 Å². The minimum absolute atomic E-state index is 0.0130. The molecule has 5 nitrogen and oxygen atoms in total. The van der Waals surface area contributed by atoms with Crippen LogP contribution >= 0.6 is 0 Å². The summed E-state index contributed by atoms with van der Waals surface area (Å²) in [5.74, 6) is 1.56. The van der Waals surface area contributed by atoms with Gasteiger partial charge in [0.1, 0.15) is 0 Å². The number of ether oxygens (including phenoxy) is 2. The first kappa shape index (κ1) is 15.6. The van der Waals surface area contributed by atoms with Gasteiger partial charge < -0.3 is 9.47 Å². The van der Waals surface area contributed by atoms with E-state index >= 15 is 0 Å². The van der Waals surface area contributed by atoms with Gasteiger partial charge in [0.15, 0.2) is 11.5 Å². The summed E-state index contributed by atoms with van der Waals surface area (Å²) in [5.41, 5.74) is 4.56. The summed E-state index contributed by atoms with van der Waals surface area (Å²) >= 11 is 0. The van der Waals surface area contributed by atoms with Crippen molar-refractivity contribution in [2.45, 2.75) is 26.7 Å². The van der Waals surface area contributed by atoms with Gasteiger partial charge in [-0.1, -0.05) is 12.2 Å². The van der Waals surface area contributed by atoms with Crippen molar-refractivity contribution in [1.29, 1.82) is 0 Å². The number of hydrogen-bond acceptors (Lipinski definition) is 4. The third kappa shape index (κ3) is 3.09. The van der Waals surface area contributed by atoms with Crippen molar-refractivity contribution in [1.82, 2.24) is 5.43 Å².